The molecule has 1 heterocycles. The van der Waals surface area contributed by atoms with Crippen LogP contribution in [0.3, 0.4) is 0 Å². The highest BCUT2D eigenvalue weighted by Gasteiger charge is 2.13. The van der Waals surface area contributed by atoms with Gasteiger partial charge in [0.05, 0.1) is 28.5 Å². The molecule has 148 valence electrons. The van der Waals surface area contributed by atoms with Gasteiger partial charge in [-0.3, -0.25) is 15.1 Å². The second-order valence-corrected chi connectivity index (χ2v) is 6.46. The molecule has 0 fully saturated rings. The number of carbonyl (C=O) groups is 1. The average Bonchev–Trinajstić information content (AvgIpc) is 3.00. The molecule has 3 aromatic rings. The highest BCUT2D eigenvalue weighted by molar-refractivity contribution is 5.90. The number of aliphatic imine (C=N–C) groups is 1. The van der Waals surface area contributed by atoms with Crippen LogP contribution in [0.4, 0.5) is 11.4 Å². The minimum absolute atomic E-state index is 0.0481. The minimum atomic E-state index is -0.403. The maximum atomic E-state index is 11.7. The van der Waals surface area contributed by atoms with Gasteiger partial charge in [-0.1, -0.05) is 6.07 Å². The number of hydrogen-bond acceptors (Lipinski definition) is 5. The van der Waals surface area contributed by atoms with Crippen LogP contribution in [0.1, 0.15) is 34.2 Å². The van der Waals surface area contributed by atoms with Crippen molar-refractivity contribution in [2.24, 2.45) is 4.99 Å². The van der Waals surface area contributed by atoms with E-state index in [1.54, 1.807) is 49.5 Å². The molecule has 0 N–H and O–H groups in total. The number of nitrogens with zero attached hydrogens (tertiary/aromatic N) is 3. The van der Waals surface area contributed by atoms with Crippen LogP contribution in [-0.2, 0) is 4.74 Å². The number of ether oxygens (including phenoxy) is 1. The van der Waals surface area contributed by atoms with E-state index in [0.717, 1.165) is 22.6 Å². The van der Waals surface area contributed by atoms with Crippen molar-refractivity contribution in [2.75, 3.05) is 6.61 Å². The molecule has 0 saturated heterocycles. The van der Waals surface area contributed by atoms with Crippen molar-refractivity contribution < 1.29 is 14.5 Å². The average molecular weight is 391 g/mol. The molecule has 0 atom stereocenters. The lowest BCUT2D eigenvalue weighted by Crippen LogP contribution is -2.03. The lowest BCUT2D eigenvalue weighted by Gasteiger charge is -2.09. The fraction of sp³-hybridized carbons (Fsp3) is 0.182. The van der Waals surface area contributed by atoms with Crippen LogP contribution in [0.15, 0.2) is 59.6 Å². The Labute approximate surface area is 168 Å². The molecule has 0 spiro atoms. The highest BCUT2D eigenvalue weighted by atomic mass is 16.6. The topological polar surface area (TPSA) is 86.7 Å². The summed E-state index contributed by atoms with van der Waals surface area (Å²) in [6.07, 6.45) is 1.75. The van der Waals surface area contributed by atoms with Gasteiger partial charge in [-0.2, -0.15) is 0 Å². The van der Waals surface area contributed by atoms with Crippen molar-refractivity contribution >= 4 is 23.6 Å². The summed E-state index contributed by atoms with van der Waals surface area (Å²) < 4.78 is 6.93. The zero-order chi connectivity index (χ0) is 21.0. The summed E-state index contributed by atoms with van der Waals surface area (Å²) in [5, 5.41) is 11.1. The third-order valence-corrected chi connectivity index (χ3v) is 4.50. The van der Waals surface area contributed by atoms with Crippen molar-refractivity contribution in [3.8, 4) is 5.69 Å². The second-order valence-electron chi connectivity index (χ2n) is 6.46. The maximum Gasteiger partial charge on any atom is 0.338 e. The van der Waals surface area contributed by atoms with Crippen molar-refractivity contribution in [3.63, 3.8) is 0 Å². The normalized spacial score (nSPS) is 11.0. The van der Waals surface area contributed by atoms with Gasteiger partial charge in [0.15, 0.2) is 0 Å². The molecular formula is C22H21N3O4. The van der Waals surface area contributed by atoms with Crippen LogP contribution >= 0.6 is 0 Å². The minimum Gasteiger partial charge on any atom is -0.462 e. The third-order valence-electron chi connectivity index (χ3n) is 4.50. The van der Waals surface area contributed by atoms with Gasteiger partial charge >= 0.3 is 5.97 Å². The number of rotatable bonds is 6. The summed E-state index contributed by atoms with van der Waals surface area (Å²) in [5.41, 5.74) is 4.74. The number of esters is 1. The Kier molecular flexibility index (Phi) is 5.87. The molecule has 0 amide bonds. The molecule has 0 aliphatic heterocycles. The number of hydrogen-bond donors (Lipinski definition) is 0. The molecular weight excluding hydrogens is 370 g/mol. The Bertz CT molecular complexity index is 1080. The van der Waals surface area contributed by atoms with Gasteiger partial charge in [-0.05, 0) is 57.2 Å². The van der Waals surface area contributed by atoms with Crippen LogP contribution in [0.2, 0.25) is 0 Å². The second kappa shape index (κ2) is 8.52. The SMILES string of the molecule is CCOC(=O)c1ccc(N=Cc2cc(C)n(-c3cccc([N+](=O)[O-])c3)c2C)cc1. The van der Waals surface area contributed by atoms with Crippen LogP contribution in [0, 0.1) is 24.0 Å². The Morgan fingerprint density at radius 3 is 2.55 bits per heavy atom. The summed E-state index contributed by atoms with van der Waals surface area (Å²) in [7, 11) is 0. The van der Waals surface area contributed by atoms with Gasteiger partial charge in [0, 0.05) is 35.3 Å². The monoisotopic (exact) mass is 391 g/mol. The molecule has 0 radical (unpaired) electrons. The Balaban J connectivity index is 1.86. The fourth-order valence-corrected chi connectivity index (χ4v) is 3.10. The van der Waals surface area contributed by atoms with E-state index in [1.807, 2.05) is 30.5 Å². The van der Waals surface area contributed by atoms with Gasteiger partial charge in [-0.25, -0.2) is 4.79 Å². The number of aryl methyl sites for hydroxylation is 1. The van der Waals surface area contributed by atoms with E-state index >= 15 is 0 Å². The first-order valence-electron chi connectivity index (χ1n) is 9.15. The molecule has 29 heavy (non-hydrogen) atoms. The first-order chi connectivity index (χ1) is 13.9. The van der Waals surface area contributed by atoms with Gasteiger partial charge in [-0.15, -0.1) is 0 Å². The van der Waals surface area contributed by atoms with Gasteiger partial charge in [0.25, 0.3) is 5.69 Å². The lowest BCUT2D eigenvalue weighted by molar-refractivity contribution is -0.384. The van der Waals surface area contributed by atoms with Crippen molar-refractivity contribution in [1.82, 2.24) is 4.57 Å². The molecule has 2 aromatic carbocycles. The number of aromatic nitrogens is 1. The van der Waals surface area contributed by atoms with Gasteiger partial charge in [0.2, 0.25) is 0 Å². The molecule has 0 saturated carbocycles. The van der Waals surface area contributed by atoms with E-state index in [4.69, 9.17) is 4.74 Å². The largest absolute Gasteiger partial charge is 0.462 e. The van der Waals surface area contributed by atoms with E-state index in [-0.39, 0.29) is 11.7 Å². The van der Waals surface area contributed by atoms with Crippen LogP contribution in [-0.4, -0.2) is 28.3 Å². The molecule has 1 aromatic heterocycles. The van der Waals surface area contributed by atoms with Gasteiger partial charge < -0.3 is 9.30 Å². The molecule has 0 bridgehead atoms. The quantitative estimate of drug-likeness (QED) is 0.258. The van der Waals surface area contributed by atoms with Crippen LogP contribution in [0.5, 0.6) is 0 Å². The summed E-state index contributed by atoms with van der Waals surface area (Å²) in [5.74, 6) is -0.358. The van der Waals surface area contributed by atoms with Gasteiger partial charge in [0.1, 0.15) is 0 Å². The number of non-ortho nitro benzene ring substituents is 1. The maximum absolute atomic E-state index is 11.7. The number of benzene rings is 2. The number of carbonyl (C=O) groups excluding carboxylic acids is 1. The van der Waals surface area contributed by atoms with Crippen molar-refractivity contribution in [3.05, 3.63) is 87.2 Å². The zero-order valence-corrected chi connectivity index (χ0v) is 16.5. The lowest BCUT2D eigenvalue weighted by atomic mass is 10.2. The molecule has 0 aliphatic rings. The first kappa shape index (κ1) is 20.0. The van der Waals surface area contributed by atoms with E-state index in [2.05, 4.69) is 4.99 Å². The summed E-state index contributed by atoms with van der Waals surface area (Å²) in [6.45, 7) is 5.98. The summed E-state index contributed by atoms with van der Waals surface area (Å²) in [4.78, 5) is 26.9. The molecule has 7 nitrogen and oxygen atoms in total. The van der Waals surface area contributed by atoms with Crippen LogP contribution in [0.25, 0.3) is 5.69 Å². The number of nitro groups is 1. The van der Waals surface area contributed by atoms with Crippen LogP contribution < -0.4 is 0 Å². The summed E-state index contributed by atoms with van der Waals surface area (Å²) in [6, 6.07) is 15.4. The number of nitro benzene ring substituents is 1. The third kappa shape index (κ3) is 4.40. The van der Waals surface area contributed by atoms with E-state index in [0.29, 0.717) is 17.9 Å². The molecule has 3 rings (SSSR count). The Morgan fingerprint density at radius 2 is 1.90 bits per heavy atom. The summed E-state index contributed by atoms with van der Waals surface area (Å²) >= 11 is 0. The van der Waals surface area contributed by atoms with E-state index in [9.17, 15) is 14.9 Å². The molecule has 0 aliphatic carbocycles. The highest BCUT2D eigenvalue weighted by Crippen LogP contribution is 2.23. The van der Waals surface area contributed by atoms with E-state index < -0.39 is 4.92 Å². The first-order valence-corrected chi connectivity index (χ1v) is 9.15. The fourth-order valence-electron chi connectivity index (χ4n) is 3.10. The smallest absolute Gasteiger partial charge is 0.338 e. The van der Waals surface area contributed by atoms with Crippen molar-refractivity contribution in [1.29, 1.82) is 0 Å². The predicted octanol–water partition coefficient (Wildman–Crippen LogP) is 4.93. The molecule has 7 heteroatoms. The standard InChI is InChI=1S/C22H21N3O4/c1-4-29-22(26)17-8-10-19(11-9-17)23-14-18-12-15(2)24(16(18)3)20-6-5-7-21(13-20)25(27)28/h5-14H,4H2,1-3H3. The van der Waals surface area contributed by atoms with Crippen molar-refractivity contribution in [2.45, 2.75) is 20.8 Å². The predicted molar refractivity (Wildman–Crippen MR) is 112 cm³/mol. The Hall–Kier alpha value is -3.74. The molecule has 0 unspecified atom stereocenters. The Morgan fingerprint density at radius 1 is 1.17 bits per heavy atom. The van der Waals surface area contributed by atoms with E-state index in [1.165, 1.54) is 6.07 Å². The zero-order valence-electron chi connectivity index (χ0n) is 16.5.